The first-order valence-corrected chi connectivity index (χ1v) is 13.7. The van der Waals surface area contributed by atoms with Crippen LogP contribution in [0.15, 0.2) is 18.2 Å². The van der Waals surface area contributed by atoms with Crippen LogP contribution in [0.1, 0.15) is 103 Å². The molecular weight excluding hydrogens is 418 g/mol. The molecule has 3 saturated carbocycles. The van der Waals surface area contributed by atoms with Crippen molar-refractivity contribution in [3.8, 4) is 5.75 Å². The highest BCUT2D eigenvalue weighted by atomic mass is 19.1. The van der Waals surface area contributed by atoms with E-state index in [-0.39, 0.29) is 17.6 Å². The quantitative estimate of drug-likeness (QED) is 0.221. The molecule has 2 nitrogen and oxygen atoms in total. The van der Waals surface area contributed by atoms with Crippen molar-refractivity contribution >= 4 is 5.97 Å². The van der Waals surface area contributed by atoms with Gasteiger partial charge in [0.25, 0.3) is 0 Å². The number of unbranched alkanes of at least 4 members (excludes halogenated alkanes) is 3. The monoisotopic (exact) mass is 460 g/mol. The fourth-order valence-corrected chi connectivity index (χ4v) is 7.27. The molecule has 0 aromatic heterocycles. The number of benzene rings is 1. The van der Waals surface area contributed by atoms with Gasteiger partial charge < -0.3 is 4.74 Å². The van der Waals surface area contributed by atoms with Crippen molar-refractivity contribution in [2.24, 2.45) is 35.5 Å². The molecule has 1 aromatic rings. The first-order valence-electron chi connectivity index (χ1n) is 13.7. The zero-order valence-corrected chi connectivity index (χ0v) is 20.4. The van der Waals surface area contributed by atoms with E-state index < -0.39 is 11.6 Å². The minimum absolute atomic E-state index is 0.145. The number of rotatable bonds is 8. The Labute approximate surface area is 198 Å². The molecule has 4 unspecified atom stereocenters. The van der Waals surface area contributed by atoms with Gasteiger partial charge in [0.15, 0.2) is 11.6 Å². The number of ether oxygens (including phenoxy) is 1. The summed E-state index contributed by atoms with van der Waals surface area (Å²) in [6, 6.07) is 3.14. The standard InChI is InChI=1S/C29H42F2O2/c1-2-3-4-5-7-20-10-12-21(13-11-20)22-14-16-25-23(18-22)8-6-9-26(25)29(32)33-28-17-15-24(30)19-27(28)31/h15,17,19-23,25-26H,2-14,16,18H2,1H3. The summed E-state index contributed by atoms with van der Waals surface area (Å²) < 4.78 is 32.6. The fourth-order valence-electron chi connectivity index (χ4n) is 7.27. The molecule has 0 spiro atoms. The predicted octanol–water partition coefficient (Wildman–Crippen LogP) is 8.48. The third-order valence-corrected chi connectivity index (χ3v) is 9.12. The van der Waals surface area contributed by atoms with Gasteiger partial charge in [-0.1, -0.05) is 64.7 Å². The summed E-state index contributed by atoms with van der Waals surface area (Å²) in [4.78, 5) is 12.9. The van der Waals surface area contributed by atoms with Crippen LogP contribution in [0.3, 0.4) is 0 Å². The van der Waals surface area contributed by atoms with E-state index in [1.165, 1.54) is 83.1 Å². The molecule has 4 heteroatoms. The summed E-state index contributed by atoms with van der Waals surface area (Å²) >= 11 is 0. The first kappa shape index (κ1) is 24.7. The van der Waals surface area contributed by atoms with Gasteiger partial charge in [-0.3, -0.25) is 4.79 Å². The molecule has 0 saturated heterocycles. The SMILES string of the molecule is CCCCCCC1CCC(C2CCC3C(CCCC3C(=O)Oc3ccc(F)cc3F)C2)CC1. The molecule has 0 heterocycles. The summed E-state index contributed by atoms with van der Waals surface area (Å²) in [5, 5.41) is 0. The number of esters is 1. The lowest BCUT2D eigenvalue weighted by atomic mass is 9.59. The van der Waals surface area contributed by atoms with Gasteiger partial charge in [0.2, 0.25) is 0 Å². The van der Waals surface area contributed by atoms with E-state index in [9.17, 15) is 13.6 Å². The molecule has 1 aromatic carbocycles. The van der Waals surface area contributed by atoms with Crippen molar-refractivity contribution in [2.45, 2.75) is 103 Å². The lowest BCUT2D eigenvalue weighted by molar-refractivity contribution is -0.144. The molecule has 4 rings (SSSR count). The molecular formula is C29H42F2O2. The summed E-state index contributed by atoms with van der Waals surface area (Å²) in [5.74, 6) is 1.52. The Kier molecular flexibility index (Phi) is 8.82. The highest BCUT2D eigenvalue weighted by Gasteiger charge is 2.43. The Hall–Kier alpha value is -1.45. The fraction of sp³-hybridized carbons (Fsp3) is 0.759. The maximum absolute atomic E-state index is 14.0. The van der Waals surface area contributed by atoms with Crippen LogP contribution in [0, 0.1) is 47.1 Å². The number of carbonyl (C=O) groups excluding carboxylic acids is 1. The molecule has 0 bridgehead atoms. The molecule has 3 fully saturated rings. The zero-order valence-electron chi connectivity index (χ0n) is 20.4. The van der Waals surface area contributed by atoms with Crippen LogP contribution in [0.2, 0.25) is 0 Å². The van der Waals surface area contributed by atoms with Crippen molar-refractivity contribution in [3.05, 3.63) is 29.8 Å². The van der Waals surface area contributed by atoms with Gasteiger partial charge >= 0.3 is 5.97 Å². The van der Waals surface area contributed by atoms with E-state index in [0.717, 1.165) is 49.1 Å². The largest absolute Gasteiger partial charge is 0.423 e. The van der Waals surface area contributed by atoms with Crippen LogP contribution in [0.4, 0.5) is 8.78 Å². The Morgan fingerprint density at radius 3 is 2.45 bits per heavy atom. The zero-order chi connectivity index (χ0) is 23.2. The number of hydrogen-bond acceptors (Lipinski definition) is 2. The molecule has 3 aliphatic carbocycles. The highest BCUT2D eigenvalue weighted by molar-refractivity contribution is 5.75. The average Bonchev–Trinajstić information content (AvgIpc) is 2.83. The van der Waals surface area contributed by atoms with Crippen LogP contribution in [-0.4, -0.2) is 5.97 Å². The maximum atomic E-state index is 14.0. The second-order valence-electron chi connectivity index (χ2n) is 11.2. The van der Waals surface area contributed by atoms with Crippen LogP contribution in [0.25, 0.3) is 0 Å². The number of halogens is 2. The van der Waals surface area contributed by atoms with E-state index in [2.05, 4.69) is 6.92 Å². The topological polar surface area (TPSA) is 26.3 Å². The highest BCUT2D eigenvalue weighted by Crippen LogP contribution is 2.50. The van der Waals surface area contributed by atoms with Crippen LogP contribution < -0.4 is 4.74 Å². The van der Waals surface area contributed by atoms with Gasteiger partial charge in [0.05, 0.1) is 5.92 Å². The molecule has 0 radical (unpaired) electrons. The Morgan fingerprint density at radius 1 is 0.909 bits per heavy atom. The molecule has 33 heavy (non-hydrogen) atoms. The molecule has 0 N–H and O–H groups in total. The molecule has 4 atom stereocenters. The Morgan fingerprint density at radius 2 is 1.70 bits per heavy atom. The van der Waals surface area contributed by atoms with Gasteiger partial charge in [0.1, 0.15) is 5.82 Å². The van der Waals surface area contributed by atoms with Gasteiger partial charge in [-0.25, -0.2) is 8.78 Å². The normalized spacial score (nSPS) is 32.2. The second-order valence-corrected chi connectivity index (χ2v) is 11.2. The van der Waals surface area contributed by atoms with E-state index in [0.29, 0.717) is 11.8 Å². The summed E-state index contributed by atoms with van der Waals surface area (Å²) in [6.45, 7) is 2.28. The Bertz CT molecular complexity index is 771. The molecule has 3 aliphatic rings. The maximum Gasteiger partial charge on any atom is 0.314 e. The van der Waals surface area contributed by atoms with E-state index in [1.54, 1.807) is 0 Å². The minimum atomic E-state index is -0.805. The third kappa shape index (κ3) is 6.36. The lowest BCUT2D eigenvalue weighted by Crippen LogP contribution is -2.40. The van der Waals surface area contributed by atoms with Crippen molar-refractivity contribution in [3.63, 3.8) is 0 Å². The van der Waals surface area contributed by atoms with Crippen molar-refractivity contribution < 1.29 is 18.3 Å². The number of carbonyl (C=O) groups is 1. The van der Waals surface area contributed by atoms with E-state index in [1.807, 2.05) is 0 Å². The smallest absolute Gasteiger partial charge is 0.314 e. The van der Waals surface area contributed by atoms with Crippen LogP contribution in [-0.2, 0) is 4.79 Å². The van der Waals surface area contributed by atoms with E-state index in [4.69, 9.17) is 4.74 Å². The number of hydrogen-bond donors (Lipinski definition) is 0. The van der Waals surface area contributed by atoms with Crippen molar-refractivity contribution in [2.75, 3.05) is 0 Å². The molecule has 184 valence electrons. The van der Waals surface area contributed by atoms with E-state index >= 15 is 0 Å². The third-order valence-electron chi connectivity index (χ3n) is 9.12. The Balaban J connectivity index is 1.26. The first-order chi connectivity index (χ1) is 16.0. The summed E-state index contributed by atoms with van der Waals surface area (Å²) in [5.41, 5.74) is 0. The summed E-state index contributed by atoms with van der Waals surface area (Å²) in [6.07, 6.45) is 19.2. The number of fused-ring (bicyclic) bond motifs is 1. The molecule has 0 aliphatic heterocycles. The van der Waals surface area contributed by atoms with Crippen LogP contribution in [0.5, 0.6) is 5.75 Å². The predicted molar refractivity (Wildman–Crippen MR) is 128 cm³/mol. The lowest BCUT2D eigenvalue weighted by Gasteiger charge is -2.46. The van der Waals surface area contributed by atoms with Gasteiger partial charge in [-0.2, -0.15) is 0 Å². The van der Waals surface area contributed by atoms with Gasteiger partial charge in [-0.05, 0) is 80.2 Å². The van der Waals surface area contributed by atoms with Crippen molar-refractivity contribution in [1.29, 1.82) is 0 Å². The summed E-state index contributed by atoms with van der Waals surface area (Å²) in [7, 11) is 0. The molecule has 0 amide bonds. The van der Waals surface area contributed by atoms with Gasteiger partial charge in [0, 0.05) is 6.07 Å². The van der Waals surface area contributed by atoms with Crippen LogP contribution >= 0.6 is 0 Å². The van der Waals surface area contributed by atoms with Crippen molar-refractivity contribution in [1.82, 2.24) is 0 Å². The average molecular weight is 461 g/mol. The van der Waals surface area contributed by atoms with Gasteiger partial charge in [-0.15, -0.1) is 0 Å². The second kappa shape index (κ2) is 11.8. The minimum Gasteiger partial charge on any atom is -0.423 e.